The molecule has 0 bridgehead atoms. The molecule has 0 saturated carbocycles. The molecule has 0 aromatic heterocycles. The molecule has 124 valence electrons. The molecule has 2 aromatic carbocycles. The third-order valence-electron chi connectivity index (χ3n) is 5.08. The van der Waals surface area contributed by atoms with E-state index in [4.69, 9.17) is 9.47 Å². The maximum atomic E-state index is 13.0. The van der Waals surface area contributed by atoms with E-state index >= 15 is 0 Å². The van der Waals surface area contributed by atoms with Crippen LogP contribution in [0.4, 0.5) is 0 Å². The predicted octanol–water partition coefficient (Wildman–Crippen LogP) is 3.10. The molecule has 4 heteroatoms. The summed E-state index contributed by atoms with van der Waals surface area (Å²) in [6.07, 6.45) is 0.849. The Morgan fingerprint density at radius 2 is 2.00 bits per heavy atom. The van der Waals surface area contributed by atoms with E-state index in [-0.39, 0.29) is 11.5 Å². The minimum absolute atomic E-state index is 0.0625. The summed E-state index contributed by atoms with van der Waals surface area (Å²) in [4.78, 5) is 14.9. The highest BCUT2D eigenvalue weighted by Crippen LogP contribution is 2.43. The summed E-state index contributed by atoms with van der Waals surface area (Å²) < 4.78 is 11.4. The van der Waals surface area contributed by atoms with Crippen molar-refractivity contribution in [2.45, 2.75) is 25.2 Å². The van der Waals surface area contributed by atoms with Crippen LogP contribution in [0.25, 0.3) is 0 Å². The molecule has 2 heterocycles. The quantitative estimate of drug-likeness (QED) is 0.871. The summed E-state index contributed by atoms with van der Waals surface area (Å²) in [7, 11) is 1.65. The lowest BCUT2D eigenvalue weighted by molar-refractivity contribution is -0.0283. The van der Waals surface area contributed by atoms with Crippen LogP contribution in [0.3, 0.4) is 0 Å². The number of rotatable bonds is 3. The van der Waals surface area contributed by atoms with Crippen LogP contribution in [0.2, 0.25) is 0 Å². The van der Waals surface area contributed by atoms with Gasteiger partial charge in [0.15, 0.2) is 0 Å². The van der Waals surface area contributed by atoms with Crippen molar-refractivity contribution in [3.05, 3.63) is 70.8 Å². The molecular formula is C20H21NO3. The van der Waals surface area contributed by atoms with E-state index in [1.54, 1.807) is 7.11 Å². The SMILES string of the molecule is COCc1ccccc1C(=O)N1CC[C@]2(C1)OCc1ccccc12. The Kier molecular flexibility index (Phi) is 3.87. The summed E-state index contributed by atoms with van der Waals surface area (Å²) in [5.74, 6) is 0.0625. The van der Waals surface area contributed by atoms with Gasteiger partial charge in [-0.2, -0.15) is 0 Å². The summed E-state index contributed by atoms with van der Waals surface area (Å²) in [6.45, 7) is 2.41. The number of benzene rings is 2. The number of methoxy groups -OCH3 is 1. The van der Waals surface area contributed by atoms with Crippen molar-refractivity contribution >= 4 is 5.91 Å². The number of carbonyl (C=O) groups excluding carboxylic acids is 1. The zero-order chi connectivity index (χ0) is 16.6. The molecule has 2 aliphatic rings. The average molecular weight is 323 g/mol. The molecule has 0 aliphatic carbocycles. The fourth-order valence-electron chi connectivity index (χ4n) is 3.86. The number of fused-ring (bicyclic) bond motifs is 2. The lowest BCUT2D eigenvalue weighted by Crippen LogP contribution is -2.34. The summed E-state index contributed by atoms with van der Waals surface area (Å²) >= 11 is 0. The standard InChI is InChI=1S/C20H21NO3/c1-23-12-15-6-2-4-8-17(15)19(22)21-11-10-20(14-21)18-9-5-3-7-16(18)13-24-20/h2-9H,10-14H2,1H3/t20-/m1/s1. The Labute approximate surface area is 142 Å². The summed E-state index contributed by atoms with van der Waals surface area (Å²) in [5, 5.41) is 0. The van der Waals surface area contributed by atoms with Gasteiger partial charge in [-0.15, -0.1) is 0 Å². The Bertz CT molecular complexity index is 773. The molecule has 1 amide bonds. The van der Waals surface area contributed by atoms with Gasteiger partial charge in [0.1, 0.15) is 5.60 Å². The van der Waals surface area contributed by atoms with Crippen LogP contribution < -0.4 is 0 Å². The molecule has 0 unspecified atom stereocenters. The molecule has 0 N–H and O–H groups in total. The molecule has 0 radical (unpaired) electrons. The minimum atomic E-state index is -0.331. The molecule has 24 heavy (non-hydrogen) atoms. The predicted molar refractivity (Wildman–Crippen MR) is 90.6 cm³/mol. The highest BCUT2D eigenvalue weighted by atomic mass is 16.5. The molecule has 1 fully saturated rings. The fourth-order valence-corrected chi connectivity index (χ4v) is 3.86. The van der Waals surface area contributed by atoms with Crippen molar-refractivity contribution in [2.24, 2.45) is 0 Å². The molecule has 1 atom stereocenters. The lowest BCUT2D eigenvalue weighted by Gasteiger charge is -2.25. The first-order valence-corrected chi connectivity index (χ1v) is 8.32. The monoisotopic (exact) mass is 323 g/mol. The largest absolute Gasteiger partial charge is 0.380 e. The Morgan fingerprint density at radius 1 is 1.21 bits per heavy atom. The Morgan fingerprint density at radius 3 is 2.88 bits per heavy atom. The lowest BCUT2D eigenvalue weighted by atomic mass is 9.92. The van der Waals surface area contributed by atoms with Crippen molar-refractivity contribution in [1.82, 2.24) is 4.90 Å². The Hall–Kier alpha value is -2.17. The third kappa shape index (κ3) is 2.43. The second-order valence-corrected chi connectivity index (χ2v) is 6.51. The van der Waals surface area contributed by atoms with Crippen molar-refractivity contribution in [3.63, 3.8) is 0 Å². The van der Waals surface area contributed by atoms with Crippen molar-refractivity contribution in [1.29, 1.82) is 0 Å². The Balaban J connectivity index is 1.59. The van der Waals surface area contributed by atoms with Crippen LogP contribution in [-0.2, 0) is 28.3 Å². The number of likely N-dealkylation sites (tertiary alicyclic amines) is 1. The van der Waals surface area contributed by atoms with Gasteiger partial charge in [-0.25, -0.2) is 0 Å². The average Bonchev–Trinajstić information content (AvgIpc) is 3.21. The van der Waals surface area contributed by atoms with Gasteiger partial charge in [0.2, 0.25) is 0 Å². The van der Waals surface area contributed by atoms with Crippen molar-refractivity contribution < 1.29 is 14.3 Å². The zero-order valence-electron chi connectivity index (χ0n) is 13.8. The van der Waals surface area contributed by atoms with Gasteiger partial charge in [0.05, 0.1) is 19.8 Å². The van der Waals surface area contributed by atoms with Gasteiger partial charge < -0.3 is 14.4 Å². The van der Waals surface area contributed by atoms with E-state index in [0.29, 0.717) is 26.3 Å². The number of nitrogens with zero attached hydrogens (tertiary/aromatic N) is 1. The molecule has 4 rings (SSSR count). The van der Waals surface area contributed by atoms with Gasteiger partial charge in [0.25, 0.3) is 5.91 Å². The first kappa shape index (κ1) is 15.4. The van der Waals surface area contributed by atoms with Crippen LogP contribution in [-0.4, -0.2) is 31.0 Å². The summed E-state index contributed by atoms with van der Waals surface area (Å²) in [6, 6.07) is 16.0. The molecule has 2 aromatic rings. The van der Waals surface area contributed by atoms with Crippen LogP contribution in [0.15, 0.2) is 48.5 Å². The van der Waals surface area contributed by atoms with Gasteiger partial charge in [0, 0.05) is 19.2 Å². The van der Waals surface area contributed by atoms with Crippen LogP contribution >= 0.6 is 0 Å². The number of carbonyl (C=O) groups is 1. The highest BCUT2D eigenvalue weighted by molar-refractivity contribution is 5.96. The van der Waals surface area contributed by atoms with E-state index in [1.807, 2.05) is 41.3 Å². The van der Waals surface area contributed by atoms with Crippen LogP contribution in [0.1, 0.15) is 33.5 Å². The van der Waals surface area contributed by atoms with Gasteiger partial charge in [-0.3, -0.25) is 4.79 Å². The van der Waals surface area contributed by atoms with E-state index < -0.39 is 0 Å². The van der Waals surface area contributed by atoms with E-state index in [2.05, 4.69) is 12.1 Å². The topological polar surface area (TPSA) is 38.8 Å². The van der Waals surface area contributed by atoms with Crippen molar-refractivity contribution in [2.75, 3.05) is 20.2 Å². The summed E-state index contributed by atoms with van der Waals surface area (Å²) in [5.41, 5.74) is 3.81. The zero-order valence-corrected chi connectivity index (χ0v) is 13.8. The van der Waals surface area contributed by atoms with Crippen LogP contribution in [0, 0.1) is 0 Å². The van der Waals surface area contributed by atoms with Gasteiger partial charge in [-0.05, 0) is 29.2 Å². The molecule has 4 nitrogen and oxygen atoms in total. The smallest absolute Gasteiger partial charge is 0.254 e. The number of hydrogen-bond acceptors (Lipinski definition) is 3. The maximum Gasteiger partial charge on any atom is 0.254 e. The van der Waals surface area contributed by atoms with E-state index in [1.165, 1.54) is 11.1 Å². The maximum absolute atomic E-state index is 13.0. The molecular weight excluding hydrogens is 302 g/mol. The third-order valence-corrected chi connectivity index (χ3v) is 5.08. The van der Waals surface area contributed by atoms with Gasteiger partial charge in [-0.1, -0.05) is 42.5 Å². The van der Waals surface area contributed by atoms with Crippen molar-refractivity contribution in [3.8, 4) is 0 Å². The first-order valence-electron chi connectivity index (χ1n) is 8.32. The first-order chi connectivity index (χ1) is 11.7. The molecule has 2 aliphatic heterocycles. The van der Waals surface area contributed by atoms with E-state index in [9.17, 15) is 4.79 Å². The van der Waals surface area contributed by atoms with E-state index in [0.717, 1.165) is 17.5 Å². The molecule has 1 saturated heterocycles. The second-order valence-electron chi connectivity index (χ2n) is 6.51. The normalized spacial score (nSPS) is 22.1. The molecule has 1 spiro atoms. The number of amides is 1. The minimum Gasteiger partial charge on any atom is -0.380 e. The fraction of sp³-hybridized carbons (Fsp3) is 0.350. The second kappa shape index (κ2) is 6.04. The van der Waals surface area contributed by atoms with Crippen LogP contribution in [0.5, 0.6) is 0 Å². The number of ether oxygens (including phenoxy) is 2. The van der Waals surface area contributed by atoms with Gasteiger partial charge >= 0.3 is 0 Å². The number of hydrogen-bond donors (Lipinski definition) is 0. The highest BCUT2D eigenvalue weighted by Gasteiger charge is 2.46.